The zero-order valence-corrected chi connectivity index (χ0v) is 40.7. The van der Waals surface area contributed by atoms with Gasteiger partial charge in [0.05, 0.1) is 11.4 Å². The maximum absolute atomic E-state index is 13.8. The number of thioether (sulfide) groups is 1. The average molecular weight is 926 g/mol. The molecule has 3 aliphatic rings. The number of allylic oxidation sites excluding steroid dienone is 2. The summed E-state index contributed by atoms with van der Waals surface area (Å²) in [6.07, 6.45) is -0.486. The maximum Gasteiger partial charge on any atom is 0.303 e. The van der Waals surface area contributed by atoms with Crippen LogP contribution < -0.4 is 0 Å². The largest absolute Gasteiger partial charge is 0.463 e. The van der Waals surface area contributed by atoms with Gasteiger partial charge in [-0.3, -0.25) is 29.0 Å². The molecule has 8 bridgehead atoms. The summed E-state index contributed by atoms with van der Waals surface area (Å²) in [5.74, 6) is -2.22. The molecule has 0 spiro atoms. The van der Waals surface area contributed by atoms with E-state index in [0.29, 0.717) is 31.6 Å². The highest BCUT2D eigenvalue weighted by Crippen LogP contribution is 2.42. The third kappa shape index (κ3) is 11.1. The third-order valence-electron chi connectivity index (χ3n) is 12.6. The van der Waals surface area contributed by atoms with Gasteiger partial charge in [-0.2, -0.15) is 0 Å². The number of ether oxygens (including phenoxy) is 5. The van der Waals surface area contributed by atoms with Gasteiger partial charge in [0, 0.05) is 98.6 Å². The van der Waals surface area contributed by atoms with Crippen molar-refractivity contribution in [1.82, 2.24) is 24.8 Å². The first-order chi connectivity index (χ1) is 31.3. The number of amides is 1. The number of rotatable bonds is 15. The smallest absolute Gasteiger partial charge is 0.303 e. The van der Waals surface area contributed by atoms with Gasteiger partial charge in [0.1, 0.15) is 18.1 Å². The number of fused-ring (bicyclic) bond motifs is 8. The highest BCUT2D eigenvalue weighted by molar-refractivity contribution is 7.99. The number of nitrogens with one attached hydrogen (secondary N) is 2. The third-order valence-corrected chi connectivity index (χ3v) is 13.9. The predicted octanol–water partition coefficient (Wildman–Crippen LogP) is 8.56. The summed E-state index contributed by atoms with van der Waals surface area (Å²) in [6.45, 7) is 21.8. The van der Waals surface area contributed by atoms with Crippen molar-refractivity contribution in [3.63, 3.8) is 0 Å². The maximum atomic E-state index is 13.8. The number of nitrogens with zero attached hydrogens (tertiary/aromatic N) is 3. The lowest BCUT2D eigenvalue weighted by Gasteiger charge is -2.44. The van der Waals surface area contributed by atoms with Crippen molar-refractivity contribution in [2.75, 3.05) is 26.0 Å². The van der Waals surface area contributed by atoms with E-state index in [9.17, 15) is 24.0 Å². The number of H-pyrrole nitrogens is 2. The average Bonchev–Trinajstić information content (AvgIpc) is 3.96. The van der Waals surface area contributed by atoms with Crippen molar-refractivity contribution in [3.05, 3.63) is 75.9 Å². The van der Waals surface area contributed by atoms with Crippen molar-refractivity contribution in [1.29, 1.82) is 0 Å². The number of hydrogen-bond donors (Lipinski definition) is 2. The van der Waals surface area contributed by atoms with Crippen LogP contribution in [0.5, 0.6) is 0 Å². The van der Waals surface area contributed by atoms with Crippen molar-refractivity contribution < 1.29 is 47.7 Å². The number of aromatic nitrogens is 4. The van der Waals surface area contributed by atoms with E-state index in [2.05, 4.69) is 82.4 Å². The zero-order chi connectivity index (χ0) is 48.1. The normalized spacial score (nSPS) is 21.5. The summed E-state index contributed by atoms with van der Waals surface area (Å²) < 4.78 is 28.1. The van der Waals surface area contributed by atoms with Gasteiger partial charge in [-0.25, -0.2) is 4.98 Å². The van der Waals surface area contributed by atoms with E-state index in [0.717, 1.165) is 79.1 Å². The van der Waals surface area contributed by atoms with Crippen LogP contribution in [-0.2, 0) is 47.7 Å². The molecule has 3 aliphatic heterocycles. The van der Waals surface area contributed by atoms with E-state index in [1.54, 1.807) is 11.9 Å². The van der Waals surface area contributed by atoms with E-state index < -0.39 is 53.7 Å². The number of aromatic amines is 2. The Morgan fingerprint density at radius 1 is 0.818 bits per heavy atom. The molecule has 0 radical (unpaired) electrons. The molecule has 3 aromatic rings. The lowest BCUT2D eigenvalue weighted by atomic mass is 9.86. The first-order valence-corrected chi connectivity index (χ1v) is 23.6. The van der Waals surface area contributed by atoms with Gasteiger partial charge in [-0.15, -0.1) is 11.8 Å². The van der Waals surface area contributed by atoms with E-state index in [1.165, 1.54) is 45.0 Å². The van der Waals surface area contributed by atoms with Gasteiger partial charge in [-0.1, -0.05) is 26.5 Å². The fourth-order valence-corrected chi connectivity index (χ4v) is 10.2. The van der Waals surface area contributed by atoms with Crippen LogP contribution in [0.1, 0.15) is 131 Å². The Morgan fingerprint density at radius 3 is 2.11 bits per heavy atom. The van der Waals surface area contributed by atoms with E-state index in [-0.39, 0.29) is 24.3 Å². The molecule has 0 aromatic carbocycles. The lowest BCUT2D eigenvalue weighted by Crippen LogP contribution is -2.61. The molecule has 3 aromatic heterocycles. The molecule has 354 valence electrons. The van der Waals surface area contributed by atoms with E-state index in [1.807, 2.05) is 6.08 Å². The number of hydrogen-bond acceptors (Lipinski definition) is 13. The minimum Gasteiger partial charge on any atom is -0.463 e. The van der Waals surface area contributed by atoms with Gasteiger partial charge in [0.2, 0.25) is 5.91 Å². The Morgan fingerprint density at radius 2 is 1.45 bits per heavy atom. The van der Waals surface area contributed by atoms with Crippen LogP contribution in [0.2, 0.25) is 0 Å². The van der Waals surface area contributed by atoms with Gasteiger partial charge in [-0.05, 0) is 105 Å². The fraction of sp³-hybridized carbons (Fsp3) is 0.500. The summed E-state index contributed by atoms with van der Waals surface area (Å²) in [7, 11) is 1.78. The van der Waals surface area contributed by atoms with Crippen molar-refractivity contribution >= 4 is 80.8 Å². The molecule has 1 saturated heterocycles. The lowest BCUT2D eigenvalue weighted by molar-refractivity contribution is -0.237. The minimum atomic E-state index is -1.24. The van der Waals surface area contributed by atoms with Crippen molar-refractivity contribution in [2.24, 2.45) is 0 Å². The van der Waals surface area contributed by atoms with Crippen molar-refractivity contribution in [3.8, 4) is 0 Å². The molecular weight excluding hydrogens is 863 g/mol. The minimum absolute atomic E-state index is 0.0133. The number of carbonyl (C=O) groups is 5. The molecular formula is C50H63N5O10S. The topological polar surface area (TPSA) is 192 Å². The van der Waals surface area contributed by atoms with Gasteiger partial charge >= 0.3 is 23.9 Å². The van der Waals surface area contributed by atoms with Crippen molar-refractivity contribution in [2.45, 2.75) is 137 Å². The SMILES string of the molecule is C=Cc1c(C)c2cc3nc(c(C)c4cc(C)c(cc5nc(cc1[nH]2)C(C)=C5CC)[nH]4)[C@@H](CCC(=O)N(C)CCCS[C@@H]1O[C@H](COC(C)=O)[C@@H](OC(C)=O)[C@H](OC(C)=O)[C@@H]1OC(C)=O)[C@@H]3C. The van der Waals surface area contributed by atoms with E-state index in [4.69, 9.17) is 33.7 Å². The molecule has 66 heavy (non-hydrogen) atoms. The van der Waals surface area contributed by atoms with Crippen LogP contribution in [0.3, 0.4) is 0 Å². The molecule has 0 aliphatic carbocycles. The first-order valence-electron chi connectivity index (χ1n) is 22.5. The second-order valence-electron chi connectivity index (χ2n) is 17.3. The van der Waals surface area contributed by atoms with Gasteiger partial charge in [0.15, 0.2) is 18.3 Å². The Labute approximate surface area is 390 Å². The van der Waals surface area contributed by atoms with Gasteiger partial charge in [0.25, 0.3) is 0 Å². The highest BCUT2D eigenvalue weighted by atomic mass is 32.2. The molecule has 1 fully saturated rings. The van der Waals surface area contributed by atoms with E-state index >= 15 is 0 Å². The molecule has 1 amide bonds. The number of carbonyl (C=O) groups excluding carboxylic acids is 5. The predicted molar refractivity (Wildman–Crippen MR) is 255 cm³/mol. The molecule has 6 heterocycles. The standard InChI is InChI=1S/C50H63N5O10S/c1-13-34-27(5)40-23-43-35(14-2)26(4)39(52-43)22-41-28(6)36(46(54-41)29(7)38-20-25(3)37(51-38)21-42(34)53-40)16-17-45(60)55(12)18-15-19-66-50-49(64-33(11)59)48(63-32(10)58)47(62-31(9)57)44(65-50)24-61-30(8)56/h14,20-23,28,36,44,47-52H,2,13,15-19,24H2,1,3-12H3/t28-,36-,44+,47+,48-,49-,50-/m0/s1. The summed E-state index contributed by atoms with van der Waals surface area (Å²) in [5, 5.41) is 0. The van der Waals surface area contributed by atoms with Crippen LogP contribution in [-0.4, -0.2) is 110 Å². The molecule has 7 atom stereocenters. The molecule has 15 nitrogen and oxygen atoms in total. The number of esters is 4. The molecule has 6 rings (SSSR count). The van der Waals surface area contributed by atoms with Crippen LogP contribution in [0.15, 0.2) is 30.8 Å². The van der Waals surface area contributed by atoms with Crippen LogP contribution in [0.25, 0.3) is 39.3 Å². The Balaban J connectivity index is 1.21. The quantitative estimate of drug-likeness (QED) is 0.0838. The van der Waals surface area contributed by atoms with Crippen LogP contribution in [0, 0.1) is 20.8 Å². The summed E-state index contributed by atoms with van der Waals surface area (Å²) in [6, 6.07) is 8.55. The fourth-order valence-electron chi connectivity index (χ4n) is 9.09. The molecule has 16 heteroatoms. The molecule has 0 unspecified atom stereocenters. The zero-order valence-electron chi connectivity index (χ0n) is 39.9. The monoisotopic (exact) mass is 925 g/mol. The Hall–Kier alpha value is -5.74. The van der Waals surface area contributed by atoms with Crippen LogP contribution >= 0.6 is 11.8 Å². The highest BCUT2D eigenvalue weighted by Gasteiger charge is 2.52. The Kier molecular flexibility index (Phi) is 16.0. The summed E-state index contributed by atoms with van der Waals surface area (Å²) in [5.41, 5.74) is 13.3. The first kappa shape index (κ1) is 49.7. The summed E-state index contributed by atoms with van der Waals surface area (Å²) in [4.78, 5) is 81.7. The molecule has 0 saturated carbocycles. The second-order valence-corrected chi connectivity index (χ2v) is 18.5. The van der Waals surface area contributed by atoms with Crippen LogP contribution in [0.4, 0.5) is 0 Å². The van der Waals surface area contributed by atoms with Gasteiger partial charge < -0.3 is 38.6 Å². The Bertz CT molecular complexity index is 2600. The summed E-state index contributed by atoms with van der Waals surface area (Å²) >= 11 is 1.29. The second kappa shape index (κ2) is 21.3. The number of aryl methyl sites for hydroxylation is 3. The molecule has 2 N–H and O–H groups in total.